The Morgan fingerprint density at radius 1 is 1.47 bits per heavy atom. The fourth-order valence-electron chi connectivity index (χ4n) is 0.996. The molecule has 0 aliphatic carbocycles. The molecular formula is C9H6FN3O2. The Labute approximate surface area is 83.9 Å². The average Bonchev–Trinajstić information content (AvgIpc) is 2.70. The van der Waals surface area contributed by atoms with Gasteiger partial charge in [-0.05, 0) is 12.1 Å². The molecule has 0 bridgehead atoms. The lowest BCUT2D eigenvalue weighted by Gasteiger charge is -1.99. The third-order valence-electron chi connectivity index (χ3n) is 1.64. The summed E-state index contributed by atoms with van der Waals surface area (Å²) in [7, 11) is 0. The molecule has 0 saturated carbocycles. The van der Waals surface area contributed by atoms with E-state index in [1.165, 1.54) is 24.6 Å². The molecule has 76 valence electrons. The van der Waals surface area contributed by atoms with Gasteiger partial charge in [0.2, 0.25) is 5.95 Å². The van der Waals surface area contributed by atoms with Crippen LogP contribution in [0.15, 0.2) is 35.2 Å². The molecule has 0 fully saturated rings. The fourth-order valence-corrected chi connectivity index (χ4v) is 0.996. The predicted molar refractivity (Wildman–Crippen MR) is 48.7 cm³/mol. The van der Waals surface area contributed by atoms with Crippen LogP contribution in [-0.2, 0) is 0 Å². The summed E-state index contributed by atoms with van der Waals surface area (Å²) in [5.74, 6) is -1.22. The molecule has 0 saturated heterocycles. The van der Waals surface area contributed by atoms with Gasteiger partial charge in [-0.15, -0.1) is 0 Å². The Hall–Kier alpha value is -2.24. The van der Waals surface area contributed by atoms with Crippen LogP contribution in [0.1, 0.15) is 10.5 Å². The average molecular weight is 207 g/mol. The molecule has 15 heavy (non-hydrogen) atoms. The van der Waals surface area contributed by atoms with E-state index >= 15 is 0 Å². The quantitative estimate of drug-likeness (QED) is 0.757. The lowest BCUT2D eigenvalue weighted by molar-refractivity contribution is 0.102. The lowest BCUT2D eigenvalue weighted by atomic mass is 10.3. The van der Waals surface area contributed by atoms with Crippen LogP contribution in [0.5, 0.6) is 0 Å². The second-order valence-corrected chi connectivity index (χ2v) is 2.71. The predicted octanol–water partition coefficient (Wildman–Crippen LogP) is 1.46. The van der Waals surface area contributed by atoms with Gasteiger partial charge in [0.1, 0.15) is 17.6 Å². The van der Waals surface area contributed by atoms with Gasteiger partial charge in [-0.3, -0.25) is 4.79 Å². The highest BCUT2D eigenvalue weighted by Crippen LogP contribution is 2.06. The molecule has 1 N–H and O–H groups in total. The molecule has 0 unspecified atom stereocenters. The van der Waals surface area contributed by atoms with Crippen LogP contribution in [0.2, 0.25) is 0 Å². The fraction of sp³-hybridized carbons (Fsp3) is 0. The number of anilines is 1. The number of nitrogens with zero attached hydrogens (tertiary/aromatic N) is 2. The molecule has 2 rings (SSSR count). The Bertz CT molecular complexity index is 470. The third kappa shape index (κ3) is 2.16. The summed E-state index contributed by atoms with van der Waals surface area (Å²) in [6.07, 6.45) is 2.59. The van der Waals surface area contributed by atoms with E-state index in [2.05, 4.69) is 20.0 Å². The standard InChI is InChI=1S/C9H6FN3O2/c10-8-3-1-2-7(13-8)9(14)12-6-4-11-15-5-6/h1-5H,(H,12,14). The SMILES string of the molecule is O=C(Nc1cnoc1)c1cccc(F)n1. The molecule has 0 atom stereocenters. The highest BCUT2D eigenvalue weighted by atomic mass is 19.1. The Balaban J connectivity index is 2.15. The Morgan fingerprint density at radius 2 is 2.33 bits per heavy atom. The molecule has 0 aliphatic heterocycles. The number of rotatable bonds is 2. The van der Waals surface area contributed by atoms with Gasteiger partial charge in [0.15, 0.2) is 0 Å². The molecule has 2 heterocycles. The second kappa shape index (κ2) is 3.87. The van der Waals surface area contributed by atoms with Crippen LogP contribution >= 0.6 is 0 Å². The maximum absolute atomic E-state index is 12.7. The second-order valence-electron chi connectivity index (χ2n) is 2.71. The number of amides is 1. The minimum atomic E-state index is -0.701. The molecule has 0 spiro atoms. The van der Waals surface area contributed by atoms with E-state index in [1.807, 2.05) is 0 Å². The van der Waals surface area contributed by atoms with Gasteiger partial charge in [0, 0.05) is 0 Å². The van der Waals surface area contributed by atoms with Gasteiger partial charge >= 0.3 is 0 Å². The molecule has 5 nitrogen and oxygen atoms in total. The van der Waals surface area contributed by atoms with Crippen LogP contribution in [0.3, 0.4) is 0 Å². The van der Waals surface area contributed by atoms with Gasteiger partial charge in [-0.2, -0.15) is 4.39 Å². The topological polar surface area (TPSA) is 68.0 Å². The molecule has 2 aromatic heterocycles. The van der Waals surface area contributed by atoms with Crippen LogP contribution in [0.25, 0.3) is 0 Å². The number of nitrogens with one attached hydrogen (secondary N) is 1. The van der Waals surface area contributed by atoms with Crippen molar-refractivity contribution in [3.05, 3.63) is 42.3 Å². The summed E-state index contributed by atoms with van der Waals surface area (Å²) in [5, 5.41) is 5.84. The van der Waals surface area contributed by atoms with E-state index in [9.17, 15) is 9.18 Å². The molecule has 0 aliphatic rings. The van der Waals surface area contributed by atoms with Crippen LogP contribution < -0.4 is 5.32 Å². The van der Waals surface area contributed by atoms with E-state index in [0.29, 0.717) is 5.69 Å². The smallest absolute Gasteiger partial charge is 0.274 e. The van der Waals surface area contributed by atoms with E-state index in [-0.39, 0.29) is 5.69 Å². The molecule has 2 aromatic rings. The zero-order valence-electron chi connectivity index (χ0n) is 7.48. The minimum Gasteiger partial charge on any atom is -0.363 e. The lowest BCUT2D eigenvalue weighted by Crippen LogP contribution is -2.13. The van der Waals surface area contributed by atoms with Gasteiger partial charge < -0.3 is 9.84 Å². The summed E-state index contributed by atoms with van der Waals surface area (Å²) < 4.78 is 17.2. The van der Waals surface area contributed by atoms with E-state index in [4.69, 9.17) is 0 Å². The summed E-state index contributed by atoms with van der Waals surface area (Å²) in [5.41, 5.74) is 0.391. The van der Waals surface area contributed by atoms with Crippen LogP contribution in [-0.4, -0.2) is 16.0 Å². The number of carbonyl (C=O) groups is 1. The normalized spacial score (nSPS) is 9.93. The number of pyridine rings is 1. The van der Waals surface area contributed by atoms with Crippen LogP contribution in [0, 0.1) is 5.95 Å². The largest absolute Gasteiger partial charge is 0.363 e. The summed E-state index contributed by atoms with van der Waals surface area (Å²) >= 11 is 0. The van der Waals surface area contributed by atoms with Gasteiger partial charge in [-0.25, -0.2) is 4.98 Å². The summed E-state index contributed by atoms with van der Waals surface area (Å²) in [4.78, 5) is 14.9. The highest BCUT2D eigenvalue weighted by Gasteiger charge is 2.08. The van der Waals surface area contributed by atoms with E-state index < -0.39 is 11.9 Å². The van der Waals surface area contributed by atoms with Gasteiger partial charge in [-0.1, -0.05) is 11.2 Å². The highest BCUT2D eigenvalue weighted by molar-refractivity contribution is 6.02. The van der Waals surface area contributed by atoms with Crippen LogP contribution in [0.4, 0.5) is 10.1 Å². The van der Waals surface area contributed by atoms with Crippen molar-refractivity contribution < 1.29 is 13.7 Å². The third-order valence-corrected chi connectivity index (χ3v) is 1.64. The first-order valence-corrected chi connectivity index (χ1v) is 4.09. The number of aromatic nitrogens is 2. The maximum atomic E-state index is 12.7. The first-order valence-electron chi connectivity index (χ1n) is 4.09. The van der Waals surface area contributed by atoms with Gasteiger partial charge in [0.25, 0.3) is 5.91 Å². The van der Waals surface area contributed by atoms with Crippen molar-refractivity contribution >= 4 is 11.6 Å². The van der Waals surface area contributed by atoms with Crippen molar-refractivity contribution in [1.29, 1.82) is 0 Å². The van der Waals surface area contributed by atoms with Gasteiger partial charge in [0.05, 0.1) is 6.20 Å². The van der Waals surface area contributed by atoms with Crippen molar-refractivity contribution in [2.24, 2.45) is 0 Å². The molecule has 1 amide bonds. The van der Waals surface area contributed by atoms with Crippen molar-refractivity contribution in [1.82, 2.24) is 10.1 Å². The molecular weight excluding hydrogens is 201 g/mol. The van der Waals surface area contributed by atoms with Crippen molar-refractivity contribution in [3.63, 3.8) is 0 Å². The zero-order chi connectivity index (χ0) is 10.7. The van der Waals surface area contributed by atoms with Crippen molar-refractivity contribution in [2.75, 3.05) is 5.32 Å². The number of hydrogen-bond acceptors (Lipinski definition) is 4. The molecule has 0 radical (unpaired) electrons. The van der Waals surface area contributed by atoms with E-state index in [1.54, 1.807) is 0 Å². The number of halogens is 1. The zero-order valence-corrected chi connectivity index (χ0v) is 7.48. The van der Waals surface area contributed by atoms with E-state index in [0.717, 1.165) is 6.07 Å². The minimum absolute atomic E-state index is 0.00352. The monoisotopic (exact) mass is 207 g/mol. The number of carbonyl (C=O) groups excluding carboxylic acids is 1. The molecule has 0 aromatic carbocycles. The summed E-state index contributed by atoms with van der Waals surface area (Å²) in [6, 6.07) is 3.98. The Kier molecular flexibility index (Phi) is 2.40. The Morgan fingerprint density at radius 3 is 3.00 bits per heavy atom. The first-order chi connectivity index (χ1) is 7.25. The molecule has 6 heteroatoms. The number of hydrogen-bond donors (Lipinski definition) is 1. The first kappa shape index (κ1) is 9.32. The van der Waals surface area contributed by atoms with Crippen molar-refractivity contribution in [2.45, 2.75) is 0 Å². The maximum Gasteiger partial charge on any atom is 0.274 e. The summed E-state index contributed by atoms with van der Waals surface area (Å²) in [6.45, 7) is 0. The van der Waals surface area contributed by atoms with Crippen molar-refractivity contribution in [3.8, 4) is 0 Å².